The molecule has 2 rings (SSSR count). The molecule has 0 bridgehead atoms. The number of hydrogen-bond acceptors (Lipinski definition) is 4. The summed E-state index contributed by atoms with van der Waals surface area (Å²) in [6.45, 7) is 1.35. The van der Waals surface area contributed by atoms with Crippen LogP contribution in [0.15, 0.2) is 30.6 Å². The number of fused-ring (bicyclic) bond motifs is 1. The second kappa shape index (κ2) is 5.36. The average molecular weight is 230 g/mol. The molecule has 0 saturated heterocycles. The normalized spacial score (nSPS) is 10.4. The Hall–Kier alpha value is -2.01. The monoisotopic (exact) mass is 230 g/mol. The molecular weight excluding hydrogens is 216 g/mol. The maximum atomic E-state index is 11.8. The second-order valence-corrected chi connectivity index (χ2v) is 3.62. The SMILES string of the molecule is CNCCNC(=O)c1ccc2nccnc2c1. The third-order valence-electron chi connectivity index (χ3n) is 2.39. The molecule has 5 heteroatoms. The number of amides is 1. The van der Waals surface area contributed by atoms with E-state index in [4.69, 9.17) is 0 Å². The van der Waals surface area contributed by atoms with E-state index in [-0.39, 0.29) is 5.91 Å². The van der Waals surface area contributed by atoms with Gasteiger partial charge in [0.2, 0.25) is 0 Å². The van der Waals surface area contributed by atoms with Gasteiger partial charge in [0.25, 0.3) is 5.91 Å². The first kappa shape index (κ1) is 11.5. The van der Waals surface area contributed by atoms with Gasteiger partial charge in [-0.2, -0.15) is 0 Å². The maximum absolute atomic E-state index is 11.8. The number of aromatic nitrogens is 2. The highest BCUT2D eigenvalue weighted by molar-refractivity contribution is 5.97. The molecule has 0 radical (unpaired) electrons. The summed E-state index contributed by atoms with van der Waals surface area (Å²) in [6, 6.07) is 5.30. The minimum absolute atomic E-state index is 0.0900. The molecule has 0 aliphatic rings. The van der Waals surface area contributed by atoms with Crippen LogP contribution in [0.5, 0.6) is 0 Å². The molecule has 1 amide bonds. The van der Waals surface area contributed by atoms with E-state index >= 15 is 0 Å². The highest BCUT2D eigenvalue weighted by atomic mass is 16.1. The fraction of sp³-hybridized carbons (Fsp3) is 0.250. The lowest BCUT2D eigenvalue weighted by molar-refractivity contribution is 0.0954. The van der Waals surface area contributed by atoms with Crippen LogP contribution in [0.1, 0.15) is 10.4 Å². The smallest absolute Gasteiger partial charge is 0.251 e. The van der Waals surface area contributed by atoms with Gasteiger partial charge in [-0.3, -0.25) is 14.8 Å². The quantitative estimate of drug-likeness (QED) is 0.754. The summed E-state index contributed by atoms with van der Waals surface area (Å²) < 4.78 is 0. The minimum atomic E-state index is -0.0900. The number of benzene rings is 1. The van der Waals surface area contributed by atoms with Crippen molar-refractivity contribution in [3.8, 4) is 0 Å². The van der Waals surface area contributed by atoms with Crippen molar-refractivity contribution >= 4 is 16.9 Å². The van der Waals surface area contributed by atoms with Crippen molar-refractivity contribution in [2.75, 3.05) is 20.1 Å². The van der Waals surface area contributed by atoms with E-state index in [1.54, 1.807) is 30.6 Å². The summed E-state index contributed by atoms with van der Waals surface area (Å²) in [6.07, 6.45) is 3.25. The Kier molecular flexibility index (Phi) is 3.62. The first-order valence-corrected chi connectivity index (χ1v) is 5.45. The zero-order valence-electron chi connectivity index (χ0n) is 9.60. The summed E-state index contributed by atoms with van der Waals surface area (Å²) >= 11 is 0. The number of hydrogen-bond donors (Lipinski definition) is 2. The summed E-state index contributed by atoms with van der Waals surface area (Å²) in [5.74, 6) is -0.0900. The van der Waals surface area contributed by atoms with Crippen molar-refractivity contribution in [3.63, 3.8) is 0 Å². The van der Waals surface area contributed by atoms with E-state index in [1.165, 1.54) is 0 Å². The van der Waals surface area contributed by atoms with Crippen LogP contribution in [0.2, 0.25) is 0 Å². The number of likely N-dealkylation sites (N-methyl/N-ethyl adjacent to an activating group) is 1. The van der Waals surface area contributed by atoms with Crippen LogP contribution in [0.3, 0.4) is 0 Å². The molecule has 1 aromatic carbocycles. The van der Waals surface area contributed by atoms with Crippen molar-refractivity contribution in [1.82, 2.24) is 20.6 Å². The van der Waals surface area contributed by atoms with Crippen LogP contribution >= 0.6 is 0 Å². The molecule has 1 aromatic heterocycles. The molecule has 5 nitrogen and oxygen atoms in total. The largest absolute Gasteiger partial charge is 0.351 e. The van der Waals surface area contributed by atoms with Gasteiger partial charge in [0.1, 0.15) is 0 Å². The average Bonchev–Trinajstić information content (AvgIpc) is 2.38. The van der Waals surface area contributed by atoms with Crippen molar-refractivity contribution in [2.45, 2.75) is 0 Å². The highest BCUT2D eigenvalue weighted by Gasteiger charge is 2.05. The molecular formula is C12H14N4O. The molecule has 2 aromatic rings. The van der Waals surface area contributed by atoms with Gasteiger partial charge in [0.15, 0.2) is 0 Å². The predicted molar refractivity (Wildman–Crippen MR) is 65.8 cm³/mol. The summed E-state index contributed by atoms with van der Waals surface area (Å²) in [5.41, 5.74) is 2.13. The Balaban J connectivity index is 2.15. The first-order valence-electron chi connectivity index (χ1n) is 5.45. The van der Waals surface area contributed by atoms with E-state index < -0.39 is 0 Å². The lowest BCUT2D eigenvalue weighted by Gasteiger charge is -2.05. The molecule has 2 N–H and O–H groups in total. The predicted octanol–water partition coefficient (Wildman–Crippen LogP) is 0.579. The third-order valence-corrected chi connectivity index (χ3v) is 2.39. The van der Waals surface area contributed by atoms with Crippen molar-refractivity contribution < 1.29 is 4.79 Å². The van der Waals surface area contributed by atoms with Crippen molar-refractivity contribution in [3.05, 3.63) is 36.2 Å². The minimum Gasteiger partial charge on any atom is -0.351 e. The zero-order valence-corrected chi connectivity index (χ0v) is 9.60. The lowest BCUT2D eigenvalue weighted by Crippen LogP contribution is -2.30. The van der Waals surface area contributed by atoms with E-state index in [2.05, 4.69) is 20.6 Å². The van der Waals surface area contributed by atoms with E-state index in [0.29, 0.717) is 12.1 Å². The number of carbonyl (C=O) groups is 1. The van der Waals surface area contributed by atoms with Gasteiger partial charge in [-0.15, -0.1) is 0 Å². The Morgan fingerprint density at radius 1 is 1.18 bits per heavy atom. The van der Waals surface area contributed by atoms with Gasteiger partial charge in [0, 0.05) is 31.0 Å². The maximum Gasteiger partial charge on any atom is 0.251 e. The van der Waals surface area contributed by atoms with Gasteiger partial charge in [-0.1, -0.05) is 0 Å². The van der Waals surface area contributed by atoms with Gasteiger partial charge in [0.05, 0.1) is 11.0 Å². The van der Waals surface area contributed by atoms with Gasteiger partial charge in [-0.05, 0) is 25.2 Å². The lowest BCUT2D eigenvalue weighted by atomic mass is 10.2. The van der Waals surface area contributed by atoms with Crippen LogP contribution in [0, 0.1) is 0 Å². The number of nitrogens with zero attached hydrogens (tertiary/aromatic N) is 2. The van der Waals surface area contributed by atoms with Crippen LogP contribution < -0.4 is 10.6 Å². The van der Waals surface area contributed by atoms with Gasteiger partial charge < -0.3 is 10.6 Å². The van der Waals surface area contributed by atoms with E-state index in [0.717, 1.165) is 17.6 Å². The molecule has 0 unspecified atom stereocenters. The second-order valence-electron chi connectivity index (χ2n) is 3.62. The number of rotatable bonds is 4. The molecule has 0 saturated carbocycles. The fourth-order valence-corrected chi connectivity index (χ4v) is 1.51. The van der Waals surface area contributed by atoms with Crippen molar-refractivity contribution in [1.29, 1.82) is 0 Å². The molecule has 17 heavy (non-hydrogen) atoms. The summed E-state index contributed by atoms with van der Waals surface area (Å²) in [5, 5.41) is 5.78. The van der Waals surface area contributed by atoms with Gasteiger partial charge >= 0.3 is 0 Å². The van der Waals surface area contributed by atoms with Crippen LogP contribution in [-0.2, 0) is 0 Å². The molecule has 1 heterocycles. The first-order chi connectivity index (χ1) is 8.31. The van der Waals surface area contributed by atoms with E-state index in [9.17, 15) is 4.79 Å². The Bertz CT molecular complexity index is 527. The van der Waals surface area contributed by atoms with Crippen molar-refractivity contribution in [2.24, 2.45) is 0 Å². The molecule has 0 aliphatic heterocycles. The van der Waals surface area contributed by atoms with Crippen LogP contribution in [-0.4, -0.2) is 36.0 Å². The molecule has 88 valence electrons. The van der Waals surface area contributed by atoms with Crippen LogP contribution in [0.25, 0.3) is 11.0 Å². The summed E-state index contributed by atoms with van der Waals surface area (Å²) in [7, 11) is 1.85. The number of carbonyl (C=O) groups excluding carboxylic acids is 1. The molecule has 0 fully saturated rings. The Labute approximate surface area is 99.3 Å². The fourth-order valence-electron chi connectivity index (χ4n) is 1.51. The molecule has 0 aliphatic carbocycles. The zero-order chi connectivity index (χ0) is 12.1. The standard InChI is InChI=1S/C12H14N4O/c1-13-4-5-16-12(17)9-2-3-10-11(8-9)15-7-6-14-10/h2-3,6-8,13H,4-5H2,1H3,(H,16,17). The van der Waals surface area contributed by atoms with Crippen LogP contribution in [0.4, 0.5) is 0 Å². The topological polar surface area (TPSA) is 66.9 Å². The Morgan fingerprint density at radius 3 is 2.71 bits per heavy atom. The molecule has 0 spiro atoms. The Morgan fingerprint density at radius 2 is 1.94 bits per heavy atom. The third kappa shape index (κ3) is 2.76. The van der Waals surface area contributed by atoms with Gasteiger partial charge in [-0.25, -0.2) is 0 Å². The molecule has 0 atom stereocenters. The summed E-state index contributed by atoms with van der Waals surface area (Å²) in [4.78, 5) is 20.1. The van der Waals surface area contributed by atoms with E-state index in [1.807, 2.05) is 7.05 Å². The number of nitrogens with one attached hydrogen (secondary N) is 2. The highest BCUT2D eigenvalue weighted by Crippen LogP contribution is 2.10.